The Balaban J connectivity index is 1.42. The molecule has 2 aromatic carbocycles. The highest BCUT2D eigenvalue weighted by Gasteiger charge is 2.06. The molecule has 0 aliphatic rings. The maximum absolute atomic E-state index is 10.7. The van der Waals surface area contributed by atoms with Crippen molar-refractivity contribution in [3.63, 3.8) is 0 Å². The first kappa shape index (κ1) is 17.7. The average Bonchev–Trinajstić information content (AvgIpc) is 3.14. The lowest BCUT2D eigenvalue weighted by molar-refractivity contribution is -0.137. The van der Waals surface area contributed by atoms with Gasteiger partial charge in [0.05, 0.1) is 24.7 Å². The monoisotopic (exact) mass is 373 g/mol. The first-order valence-corrected chi connectivity index (χ1v) is 8.98. The van der Waals surface area contributed by atoms with E-state index in [0.717, 1.165) is 33.3 Å². The SMILES string of the molecule is O=C(O)CCn1ncc2cc(OCc3ccc(-c4ccncc4)cc3)ccc21. The molecule has 0 unspecified atom stereocenters. The summed E-state index contributed by atoms with van der Waals surface area (Å²) in [6.45, 7) is 0.818. The molecule has 0 aliphatic carbocycles. The second-order valence-corrected chi connectivity index (χ2v) is 6.45. The van der Waals surface area contributed by atoms with Gasteiger partial charge in [-0.3, -0.25) is 14.5 Å². The van der Waals surface area contributed by atoms with Crippen molar-refractivity contribution in [3.8, 4) is 16.9 Å². The molecule has 28 heavy (non-hydrogen) atoms. The molecule has 4 rings (SSSR count). The molecule has 6 nitrogen and oxygen atoms in total. The number of carbonyl (C=O) groups is 1. The molecule has 140 valence electrons. The van der Waals surface area contributed by atoms with E-state index in [2.05, 4.69) is 34.3 Å². The third-order valence-corrected chi connectivity index (χ3v) is 4.52. The second-order valence-electron chi connectivity index (χ2n) is 6.45. The van der Waals surface area contributed by atoms with E-state index in [1.165, 1.54) is 0 Å². The maximum Gasteiger partial charge on any atom is 0.305 e. The van der Waals surface area contributed by atoms with Crippen LogP contribution < -0.4 is 4.74 Å². The van der Waals surface area contributed by atoms with Crippen LogP contribution in [0, 0.1) is 0 Å². The summed E-state index contributed by atoms with van der Waals surface area (Å²) in [5.41, 5.74) is 4.25. The van der Waals surface area contributed by atoms with Gasteiger partial charge in [0.2, 0.25) is 0 Å². The molecular formula is C22H19N3O3. The van der Waals surface area contributed by atoms with Crippen LogP contribution in [0.2, 0.25) is 0 Å². The van der Waals surface area contributed by atoms with Crippen molar-refractivity contribution in [2.45, 2.75) is 19.6 Å². The van der Waals surface area contributed by atoms with Gasteiger partial charge in [0, 0.05) is 17.8 Å². The minimum Gasteiger partial charge on any atom is -0.489 e. The van der Waals surface area contributed by atoms with Crippen molar-refractivity contribution >= 4 is 16.9 Å². The fourth-order valence-electron chi connectivity index (χ4n) is 3.04. The summed E-state index contributed by atoms with van der Waals surface area (Å²) in [5.74, 6) is -0.0814. The van der Waals surface area contributed by atoms with Gasteiger partial charge in [0.25, 0.3) is 0 Å². The molecule has 2 heterocycles. The number of fused-ring (bicyclic) bond motifs is 1. The number of ether oxygens (including phenoxy) is 1. The average molecular weight is 373 g/mol. The summed E-state index contributed by atoms with van der Waals surface area (Å²) in [6, 6.07) is 17.9. The van der Waals surface area contributed by atoms with Crippen molar-refractivity contribution in [1.29, 1.82) is 0 Å². The van der Waals surface area contributed by atoms with Crippen molar-refractivity contribution < 1.29 is 14.6 Å². The zero-order valence-corrected chi connectivity index (χ0v) is 15.2. The smallest absolute Gasteiger partial charge is 0.305 e. The number of nitrogens with zero attached hydrogens (tertiary/aromatic N) is 3. The predicted molar refractivity (Wildman–Crippen MR) is 106 cm³/mol. The fraction of sp³-hybridized carbons (Fsp3) is 0.136. The van der Waals surface area contributed by atoms with E-state index >= 15 is 0 Å². The van der Waals surface area contributed by atoms with Crippen molar-refractivity contribution in [3.05, 3.63) is 78.8 Å². The summed E-state index contributed by atoms with van der Waals surface area (Å²) in [5, 5.41) is 14.0. The van der Waals surface area contributed by atoms with Crippen LogP contribution in [0.3, 0.4) is 0 Å². The van der Waals surface area contributed by atoms with E-state index in [4.69, 9.17) is 9.84 Å². The first-order valence-electron chi connectivity index (χ1n) is 8.98. The quantitative estimate of drug-likeness (QED) is 0.526. The van der Waals surface area contributed by atoms with Gasteiger partial charge >= 0.3 is 5.97 Å². The number of pyridine rings is 1. The first-order chi connectivity index (χ1) is 13.7. The number of aryl methyl sites for hydroxylation is 1. The van der Waals surface area contributed by atoms with Crippen LogP contribution in [-0.4, -0.2) is 25.8 Å². The second kappa shape index (κ2) is 7.92. The summed E-state index contributed by atoms with van der Waals surface area (Å²) in [7, 11) is 0. The molecule has 6 heteroatoms. The van der Waals surface area contributed by atoms with Crippen LogP contribution in [0.5, 0.6) is 5.75 Å². The van der Waals surface area contributed by atoms with Crippen LogP contribution >= 0.6 is 0 Å². The number of benzene rings is 2. The molecule has 0 radical (unpaired) electrons. The normalized spacial score (nSPS) is 10.9. The molecule has 0 amide bonds. The summed E-state index contributed by atoms with van der Waals surface area (Å²) < 4.78 is 7.61. The number of aliphatic carboxylic acids is 1. The van der Waals surface area contributed by atoms with Gasteiger partial charge in [-0.05, 0) is 47.0 Å². The van der Waals surface area contributed by atoms with Crippen LogP contribution in [0.1, 0.15) is 12.0 Å². The highest BCUT2D eigenvalue weighted by atomic mass is 16.5. The number of carboxylic acids is 1. The molecule has 0 saturated heterocycles. The Hall–Kier alpha value is -3.67. The van der Waals surface area contributed by atoms with Gasteiger partial charge in [0.1, 0.15) is 12.4 Å². The molecule has 0 aliphatic heterocycles. The number of rotatable bonds is 7. The largest absolute Gasteiger partial charge is 0.489 e. The summed E-state index contributed by atoms with van der Waals surface area (Å²) in [4.78, 5) is 14.8. The van der Waals surface area contributed by atoms with Gasteiger partial charge in [0.15, 0.2) is 0 Å². The van der Waals surface area contributed by atoms with Gasteiger partial charge in [-0.25, -0.2) is 0 Å². The molecule has 4 aromatic rings. The van der Waals surface area contributed by atoms with E-state index in [1.54, 1.807) is 23.3 Å². The Kier molecular flexibility index (Phi) is 5.01. The maximum atomic E-state index is 10.7. The van der Waals surface area contributed by atoms with Gasteiger partial charge in [-0.1, -0.05) is 24.3 Å². The molecular weight excluding hydrogens is 354 g/mol. The number of hydrogen-bond acceptors (Lipinski definition) is 4. The lowest BCUT2D eigenvalue weighted by Gasteiger charge is -2.08. The van der Waals surface area contributed by atoms with Crippen molar-refractivity contribution in [2.75, 3.05) is 0 Å². The Labute approximate surface area is 162 Å². The Morgan fingerprint density at radius 1 is 1.00 bits per heavy atom. The van der Waals surface area contributed by atoms with Crippen LogP contribution in [0.4, 0.5) is 0 Å². The standard InChI is InChI=1S/C22H19N3O3/c26-22(27)9-12-25-21-6-5-20(13-19(21)14-24-25)28-15-16-1-3-17(4-2-16)18-7-10-23-11-8-18/h1-8,10-11,13-14H,9,12,15H2,(H,26,27). The summed E-state index contributed by atoms with van der Waals surface area (Å²) in [6.07, 6.45) is 5.34. The lowest BCUT2D eigenvalue weighted by atomic mass is 10.1. The van der Waals surface area contributed by atoms with E-state index < -0.39 is 5.97 Å². The van der Waals surface area contributed by atoms with Gasteiger partial charge in [-0.15, -0.1) is 0 Å². The third kappa shape index (κ3) is 4.01. The lowest BCUT2D eigenvalue weighted by Crippen LogP contribution is -2.05. The Bertz CT molecular complexity index is 1090. The minimum atomic E-state index is -0.835. The molecule has 0 spiro atoms. The molecule has 0 bridgehead atoms. The predicted octanol–water partition coefficient (Wildman–Crippen LogP) is 4.15. The highest BCUT2D eigenvalue weighted by molar-refractivity contribution is 5.80. The number of hydrogen-bond donors (Lipinski definition) is 1. The fourth-order valence-corrected chi connectivity index (χ4v) is 3.04. The van der Waals surface area contributed by atoms with E-state index in [1.807, 2.05) is 30.3 Å². The number of aromatic nitrogens is 3. The van der Waals surface area contributed by atoms with Crippen molar-refractivity contribution in [2.24, 2.45) is 0 Å². The molecule has 0 saturated carbocycles. The Morgan fingerprint density at radius 3 is 2.50 bits per heavy atom. The number of carboxylic acid groups (broad SMARTS) is 1. The zero-order chi connectivity index (χ0) is 19.3. The minimum absolute atomic E-state index is 0.0462. The van der Waals surface area contributed by atoms with E-state index in [0.29, 0.717) is 13.2 Å². The van der Waals surface area contributed by atoms with Crippen LogP contribution in [-0.2, 0) is 17.9 Å². The molecule has 0 fully saturated rings. The topological polar surface area (TPSA) is 77.2 Å². The van der Waals surface area contributed by atoms with Gasteiger partial charge < -0.3 is 9.84 Å². The van der Waals surface area contributed by atoms with Crippen molar-refractivity contribution in [1.82, 2.24) is 14.8 Å². The molecule has 0 atom stereocenters. The van der Waals surface area contributed by atoms with E-state index in [-0.39, 0.29) is 6.42 Å². The van der Waals surface area contributed by atoms with Crippen LogP contribution in [0.15, 0.2) is 73.2 Å². The Morgan fingerprint density at radius 2 is 1.75 bits per heavy atom. The molecule has 1 N–H and O–H groups in total. The molecule has 2 aromatic heterocycles. The van der Waals surface area contributed by atoms with E-state index in [9.17, 15) is 4.79 Å². The highest BCUT2D eigenvalue weighted by Crippen LogP contribution is 2.23. The summed E-state index contributed by atoms with van der Waals surface area (Å²) >= 11 is 0. The zero-order valence-electron chi connectivity index (χ0n) is 15.2. The van der Waals surface area contributed by atoms with Gasteiger partial charge in [-0.2, -0.15) is 5.10 Å². The van der Waals surface area contributed by atoms with Crippen LogP contribution in [0.25, 0.3) is 22.0 Å². The third-order valence-electron chi connectivity index (χ3n) is 4.52.